The van der Waals surface area contributed by atoms with Gasteiger partial charge in [-0.3, -0.25) is 4.79 Å². The van der Waals surface area contributed by atoms with Crippen LogP contribution in [0.2, 0.25) is 0 Å². The van der Waals surface area contributed by atoms with Crippen LogP contribution in [0.4, 0.5) is 0 Å². The molecule has 1 amide bonds. The number of carbonyl (C=O) groups is 1. The summed E-state index contributed by atoms with van der Waals surface area (Å²) in [5.74, 6) is 1.49. The molecule has 3 rings (SSSR count). The van der Waals surface area contributed by atoms with Gasteiger partial charge in [0.15, 0.2) is 0 Å². The number of aromatic nitrogens is 2. The Balaban J connectivity index is 1.63. The van der Waals surface area contributed by atoms with E-state index < -0.39 is 0 Å². The number of nitrogens with zero attached hydrogens (tertiary/aromatic N) is 3. The van der Waals surface area contributed by atoms with Gasteiger partial charge in [-0.1, -0.05) is 23.9 Å². The highest BCUT2D eigenvalue weighted by atomic mass is 32.1. The molecule has 0 spiro atoms. The first kappa shape index (κ1) is 16.9. The SMILES string of the molecule is C=CCOc1ccc(C(=O)N(C)Cc2nc(-c3cccs3)no2)cc1. The molecule has 0 bridgehead atoms. The quantitative estimate of drug-likeness (QED) is 0.605. The lowest BCUT2D eigenvalue weighted by atomic mass is 10.2. The van der Waals surface area contributed by atoms with E-state index in [2.05, 4.69) is 16.7 Å². The summed E-state index contributed by atoms with van der Waals surface area (Å²) >= 11 is 1.53. The summed E-state index contributed by atoms with van der Waals surface area (Å²) in [5, 5.41) is 5.89. The summed E-state index contributed by atoms with van der Waals surface area (Å²) in [4.78, 5) is 19.3. The highest BCUT2D eigenvalue weighted by molar-refractivity contribution is 7.13. The molecule has 3 aromatic rings. The zero-order chi connectivity index (χ0) is 17.6. The lowest BCUT2D eigenvalue weighted by Crippen LogP contribution is -2.26. The maximum Gasteiger partial charge on any atom is 0.254 e. The lowest BCUT2D eigenvalue weighted by molar-refractivity contribution is 0.0769. The summed E-state index contributed by atoms with van der Waals surface area (Å²) in [7, 11) is 1.69. The zero-order valence-electron chi connectivity index (χ0n) is 13.7. The van der Waals surface area contributed by atoms with Gasteiger partial charge in [-0.15, -0.1) is 11.3 Å². The van der Waals surface area contributed by atoms with E-state index in [4.69, 9.17) is 9.26 Å². The zero-order valence-corrected chi connectivity index (χ0v) is 14.5. The Kier molecular flexibility index (Phi) is 5.25. The summed E-state index contributed by atoms with van der Waals surface area (Å²) in [6.45, 7) is 4.27. The van der Waals surface area contributed by atoms with Crippen LogP contribution in [0.1, 0.15) is 16.2 Å². The highest BCUT2D eigenvalue weighted by Gasteiger charge is 2.16. The van der Waals surface area contributed by atoms with Crippen molar-refractivity contribution in [2.24, 2.45) is 0 Å². The molecule has 0 aliphatic rings. The van der Waals surface area contributed by atoms with E-state index in [0.29, 0.717) is 29.6 Å². The van der Waals surface area contributed by atoms with Gasteiger partial charge >= 0.3 is 0 Å². The molecular formula is C18H17N3O3S. The molecule has 2 aromatic heterocycles. The molecule has 0 radical (unpaired) electrons. The Bertz CT molecular complexity index is 841. The van der Waals surface area contributed by atoms with Gasteiger partial charge in [0.2, 0.25) is 11.7 Å². The third-order valence-corrected chi connectivity index (χ3v) is 4.26. The fourth-order valence-corrected chi connectivity index (χ4v) is 2.82. The first-order valence-electron chi connectivity index (χ1n) is 7.63. The average molecular weight is 355 g/mol. The average Bonchev–Trinajstić information content (AvgIpc) is 3.31. The van der Waals surface area contributed by atoms with Crippen molar-refractivity contribution in [3.05, 3.63) is 65.9 Å². The maximum absolute atomic E-state index is 12.5. The number of benzene rings is 1. The van der Waals surface area contributed by atoms with Gasteiger partial charge < -0.3 is 14.2 Å². The molecule has 1 aromatic carbocycles. The number of ether oxygens (including phenoxy) is 1. The van der Waals surface area contributed by atoms with Crippen LogP contribution in [0.25, 0.3) is 10.7 Å². The molecule has 0 fully saturated rings. The van der Waals surface area contributed by atoms with E-state index in [1.54, 1.807) is 37.4 Å². The molecule has 0 saturated heterocycles. The minimum atomic E-state index is -0.133. The first-order chi connectivity index (χ1) is 12.2. The van der Waals surface area contributed by atoms with Crippen molar-refractivity contribution in [1.29, 1.82) is 0 Å². The first-order valence-corrected chi connectivity index (χ1v) is 8.51. The van der Waals surface area contributed by atoms with Crippen molar-refractivity contribution in [2.45, 2.75) is 6.54 Å². The number of hydrogen-bond acceptors (Lipinski definition) is 6. The lowest BCUT2D eigenvalue weighted by Gasteiger charge is -2.15. The molecule has 0 aliphatic carbocycles. The number of rotatable bonds is 7. The number of carbonyl (C=O) groups excluding carboxylic acids is 1. The van der Waals surface area contributed by atoms with Crippen LogP contribution in [-0.2, 0) is 6.54 Å². The van der Waals surface area contributed by atoms with Crippen LogP contribution < -0.4 is 4.74 Å². The smallest absolute Gasteiger partial charge is 0.254 e. The molecule has 0 saturated carbocycles. The molecule has 0 unspecified atom stereocenters. The monoisotopic (exact) mass is 355 g/mol. The number of hydrogen-bond donors (Lipinski definition) is 0. The van der Waals surface area contributed by atoms with Gasteiger partial charge in [0.25, 0.3) is 5.91 Å². The van der Waals surface area contributed by atoms with E-state index in [1.807, 2.05) is 17.5 Å². The van der Waals surface area contributed by atoms with Crippen molar-refractivity contribution in [3.8, 4) is 16.5 Å². The maximum atomic E-state index is 12.5. The summed E-state index contributed by atoms with van der Waals surface area (Å²) < 4.78 is 10.6. The van der Waals surface area contributed by atoms with E-state index in [1.165, 1.54) is 16.2 Å². The number of thiophene rings is 1. The van der Waals surface area contributed by atoms with Gasteiger partial charge in [0, 0.05) is 12.6 Å². The van der Waals surface area contributed by atoms with Crippen LogP contribution in [0, 0.1) is 0 Å². The van der Waals surface area contributed by atoms with Crippen LogP contribution in [0.5, 0.6) is 5.75 Å². The summed E-state index contributed by atoms with van der Waals surface area (Å²) in [6.07, 6.45) is 1.67. The Morgan fingerprint density at radius 3 is 2.84 bits per heavy atom. The fraction of sp³-hybridized carbons (Fsp3) is 0.167. The third kappa shape index (κ3) is 4.13. The van der Waals surface area contributed by atoms with Gasteiger partial charge in [0.1, 0.15) is 12.4 Å². The topological polar surface area (TPSA) is 68.5 Å². The Morgan fingerprint density at radius 1 is 1.36 bits per heavy atom. The summed E-state index contributed by atoms with van der Waals surface area (Å²) in [6, 6.07) is 10.8. The third-order valence-electron chi connectivity index (χ3n) is 3.40. The molecule has 7 heteroatoms. The number of amides is 1. The molecule has 2 heterocycles. The molecule has 6 nitrogen and oxygen atoms in total. The second-order valence-electron chi connectivity index (χ2n) is 5.27. The van der Waals surface area contributed by atoms with Crippen LogP contribution in [0.15, 0.2) is 59.0 Å². The summed E-state index contributed by atoms with van der Waals surface area (Å²) in [5.41, 5.74) is 0.562. The van der Waals surface area contributed by atoms with Crippen LogP contribution in [0.3, 0.4) is 0 Å². The van der Waals surface area contributed by atoms with Crippen molar-refractivity contribution in [3.63, 3.8) is 0 Å². The molecular weight excluding hydrogens is 338 g/mol. The van der Waals surface area contributed by atoms with Crippen molar-refractivity contribution < 1.29 is 14.1 Å². The van der Waals surface area contributed by atoms with Gasteiger partial charge in [-0.25, -0.2) is 0 Å². The van der Waals surface area contributed by atoms with Crippen molar-refractivity contribution in [2.75, 3.05) is 13.7 Å². The predicted molar refractivity (Wildman–Crippen MR) is 95.5 cm³/mol. The molecule has 25 heavy (non-hydrogen) atoms. The molecule has 0 N–H and O–H groups in total. The minimum absolute atomic E-state index is 0.133. The van der Waals surface area contributed by atoms with Gasteiger partial charge in [-0.2, -0.15) is 4.98 Å². The molecule has 0 aliphatic heterocycles. The second kappa shape index (κ2) is 7.76. The second-order valence-corrected chi connectivity index (χ2v) is 6.22. The largest absolute Gasteiger partial charge is 0.490 e. The van der Waals surface area contributed by atoms with E-state index in [9.17, 15) is 4.79 Å². The van der Waals surface area contributed by atoms with Crippen LogP contribution in [-0.4, -0.2) is 34.6 Å². The Labute approximate surface area is 149 Å². The van der Waals surface area contributed by atoms with Gasteiger partial charge in [0.05, 0.1) is 11.4 Å². The van der Waals surface area contributed by atoms with Crippen LogP contribution >= 0.6 is 11.3 Å². The minimum Gasteiger partial charge on any atom is -0.490 e. The van der Waals surface area contributed by atoms with E-state index >= 15 is 0 Å². The fourth-order valence-electron chi connectivity index (χ4n) is 2.17. The predicted octanol–water partition coefficient (Wildman–Crippen LogP) is 3.64. The highest BCUT2D eigenvalue weighted by Crippen LogP contribution is 2.21. The standard InChI is InChI=1S/C18H17N3O3S/c1-3-10-23-14-8-6-13(7-9-14)18(22)21(2)12-16-19-17(20-24-16)15-5-4-11-25-15/h3-9,11H,1,10,12H2,2H3. The molecule has 128 valence electrons. The van der Waals surface area contributed by atoms with Crippen molar-refractivity contribution in [1.82, 2.24) is 15.0 Å². The van der Waals surface area contributed by atoms with Crippen molar-refractivity contribution >= 4 is 17.2 Å². The molecule has 0 atom stereocenters. The van der Waals surface area contributed by atoms with E-state index in [0.717, 1.165) is 4.88 Å². The Hall–Kier alpha value is -2.93. The Morgan fingerprint density at radius 2 is 2.16 bits per heavy atom. The van der Waals surface area contributed by atoms with Gasteiger partial charge in [-0.05, 0) is 35.7 Å². The normalized spacial score (nSPS) is 10.4. The van der Waals surface area contributed by atoms with E-state index in [-0.39, 0.29) is 12.5 Å².